The van der Waals surface area contributed by atoms with E-state index in [2.05, 4.69) is 12.2 Å². The number of allylic oxidation sites excluding steroid dienone is 2. The van der Waals surface area contributed by atoms with Crippen molar-refractivity contribution in [2.24, 2.45) is 23.7 Å². The Morgan fingerprint density at radius 1 is 1.20 bits per heavy atom. The Labute approximate surface area is 118 Å². The lowest BCUT2D eigenvalue weighted by Gasteiger charge is -2.18. The van der Waals surface area contributed by atoms with Gasteiger partial charge in [-0.3, -0.25) is 14.4 Å². The maximum atomic E-state index is 12.5. The van der Waals surface area contributed by atoms with Crippen LogP contribution in [0.1, 0.15) is 6.42 Å². The molecule has 2 bridgehead atoms. The van der Waals surface area contributed by atoms with Crippen LogP contribution in [0.3, 0.4) is 0 Å². The van der Waals surface area contributed by atoms with Crippen LogP contribution in [-0.2, 0) is 14.4 Å². The maximum Gasteiger partial charge on any atom is 0.470 e. The molecule has 20 heavy (non-hydrogen) atoms. The standard InChI is InChI=1S/C14H20N3O3/c1-15(2)14(16(3)4)20-17-12(18)10-8-5-6-9(7-8)11(10)13(17)19/h5-6,8-11H,7H2,1-4H3/q+1/t8-,9+,10-,11-/m0/s1. The van der Waals surface area contributed by atoms with Gasteiger partial charge in [0.05, 0.1) is 40.0 Å². The van der Waals surface area contributed by atoms with Gasteiger partial charge in [0.2, 0.25) is 0 Å². The molecule has 2 aliphatic carbocycles. The Kier molecular flexibility index (Phi) is 2.84. The molecule has 0 N–H and O–H groups in total. The Bertz CT molecular complexity index is 504. The molecule has 3 rings (SSSR count). The van der Waals surface area contributed by atoms with E-state index in [9.17, 15) is 9.59 Å². The Balaban J connectivity index is 1.85. The Hall–Kier alpha value is -1.85. The first-order chi connectivity index (χ1) is 9.41. The molecule has 1 saturated carbocycles. The number of hydrogen-bond acceptors (Lipinski definition) is 3. The van der Waals surface area contributed by atoms with Crippen LogP contribution in [0.5, 0.6) is 0 Å². The highest BCUT2D eigenvalue weighted by atomic mass is 16.7. The molecule has 0 aromatic carbocycles. The van der Waals surface area contributed by atoms with Crippen molar-refractivity contribution in [2.75, 3.05) is 28.2 Å². The lowest BCUT2D eigenvalue weighted by molar-refractivity contribution is -0.484. The summed E-state index contributed by atoms with van der Waals surface area (Å²) in [5, 5.41) is 0.969. The van der Waals surface area contributed by atoms with Crippen LogP contribution in [0.15, 0.2) is 12.2 Å². The van der Waals surface area contributed by atoms with Crippen LogP contribution < -0.4 is 0 Å². The first kappa shape index (κ1) is 13.1. The van der Waals surface area contributed by atoms with Gasteiger partial charge in [0.25, 0.3) is 11.8 Å². The SMILES string of the molecule is CN(C)C(ON1C(=O)[C@@H]2[C@@H](C1=O)[C@H]1C=C[C@@H]2C1)=[N+](C)C. The van der Waals surface area contributed by atoms with Crippen molar-refractivity contribution < 1.29 is 19.0 Å². The third-order valence-electron chi connectivity index (χ3n) is 4.37. The van der Waals surface area contributed by atoms with Crippen molar-refractivity contribution in [3.63, 3.8) is 0 Å². The van der Waals surface area contributed by atoms with Gasteiger partial charge in [0.15, 0.2) is 0 Å². The van der Waals surface area contributed by atoms with Crippen LogP contribution in [0, 0.1) is 23.7 Å². The van der Waals surface area contributed by atoms with Crippen LogP contribution in [0.25, 0.3) is 0 Å². The maximum absolute atomic E-state index is 12.5. The molecular formula is C14H20N3O3+. The fraction of sp³-hybridized carbons (Fsp3) is 0.643. The molecule has 3 aliphatic rings. The molecule has 1 heterocycles. The van der Waals surface area contributed by atoms with Gasteiger partial charge in [0.1, 0.15) is 0 Å². The number of amides is 2. The molecule has 0 spiro atoms. The molecule has 1 aliphatic heterocycles. The van der Waals surface area contributed by atoms with E-state index in [1.54, 1.807) is 9.48 Å². The number of fused-ring (bicyclic) bond motifs is 5. The van der Waals surface area contributed by atoms with E-state index in [0.29, 0.717) is 6.02 Å². The Morgan fingerprint density at radius 3 is 2.10 bits per heavy atom. The van der Waals surface area contributed by atoms with Gasteiger partial charge in [0, 0.05) is 0 Å². The molecule has 1 saturated heterocycles. The average Bonchev–Trinajstić information content (AvgIpc) is 3.02. The van der Waals surface area contributed by atoms with E-state index in [1.807, 2.05) is 28.2 Å². The normalized spacial score (nSPS) is 33.7. The topological polar surface area (TPSA) is 52.9 Å². The molecular weight excluding hydrogens is 258 g/mol. The third kappa shape index (κ3) is 1.67. The highest BCUT2D eigenvalue weighted by molar-refractivity contribution is 6.06. The van der Waals surface area contributed by atoms with E-state index < -0.39 is 0 Å². The summed E-state index contributed by atoms with van der Waals surface area (Å²) in [5.74, 6) is -0.420. The molecule has 2 amide bonds. The van der Waals surface area contributed by atoms with E-state index >= 15 is 0 Å². The molecule has 6 heteroatoms. The summed E-state index contributed by atoms with van der Waals surface area (Å²) in [6, 6.07) is 0.465. The smallest absolute Gasteiger partial charge is 0.292 e. The summed E-state index contributed by atoms with van der Waals surface area (Å²) < 4.78 is 1.74. The van der Waals surface area contributed by atoms with Crippen molar-refractivity contribution in [1.29, 1.82) is 0 Å². The van der Waals surface area contributed by atoms with E-state index in [-0.39, 0.29) is 35.5 Å². The van der Waals surface area contributed by atoms with Gasteiger partial charge in [-0.25, -0.2) is 9.48 Å². The molecule has 108 valence electrons. The van der Waals surface area contributed by atoms with Gasteiger partial charge in [-0.15, -0.1) is 0 Å². The number of amidine groups is 1. The van der Waals surface area contributed by atoms with E-state index in [0.717, 1.165) is 11.5 Å². The zero-order chi connectivity index (χ0) is 14.6. The van der Waals surface area contributed by atoms with Gasteiger partial charge in [-0.05, 0) is 18.3 Å². The van der Waals surface area contributed by atoms with E-state index in [4.69, 9.17) is 4.84 Å². The van der Waals surface area contributed by atoms with Crippen molar-refractivity contribution in [2.45, 2.75) is 6.42 Å². The number of nitrogens with zero attached hydrogens (tertiary/aromatic N) is 3. The van der Waals surface area contributed by atoms with Gasteiger partial charge in [-0.2, -0.15) is 0 Å². The van der Waals surface area contributed by atoms with Crippen molar-refractivity contribution in [1.82, 2.24) is 9.96 Å². The average molecular weight is 278 g/mol. The Morgan fingerprint density at radius 2 is 1.70 bits per heavy atom. The van der Waals surface area contributed by atoms with Crippen molar-refractivity contribution >= 4 is 17.8 Å². The molecule has 2 fully saturated rings. The van der Waals surface area contributed by atoms with Crippen molar-refractivity contribution in [3.8, 4) is 0 Å². The number of carbonyl (C=O) groups is 2. The highest BCUT2D eigenvalue weighted by Crippen LogP contribution is 2.52. The highest BCUT2D eigenvalue weighted by Gasteiger charge is 2.61. The summed E-state index contributed by atoms with van der Waals surface area (Å²) >= 11 is 0. The van der Waals surface area contributed by atoms with Crippen LogP contribution in [0.2, 0.25) is 0 Å². The lowest BCUT2D eigenvalue weighted by Crippen LogP contribution is -2.42. The number of hydroxylamine groups is 2. The minimum absolute atomic E-state index is 0.196. The molecule has 0 unspecified atom stereocenters. The predicted molar refractivity (Wildman–Crippen MR) is 71.5 cm³/mol. The summed E-state index contributed by atoms with van der Waals surface area (Å²) in [7, 11) is 7.25. The lowest BCUT2D eigenvalue weighted by atomic mass is 9.85. The molecule has 4 atom stereocenters. The molecule has 0 radical (unpaired) electrons. The van der Waals surface area contributed by atoms with Crippen LogP contribution in [0.4, 0.5) is 0 Å². The van der Waals surface area contributed by atoms with Crippen LogP contribution in [-0.4, -0.2) is 60.6 Å². The fourth-order valence-electron chi connectivity index (χ4n) is 3.61. The first-order valence-electron chi connectivity index (χ1n) is 6.87. The second-order valence-corrected chi connectivity index (χ2v) is 6.13. The monoisotopic (exact) mass is 278 g/mol. The second-order valence-electron chi connectivity index (χ2n) is 6.13. The minimum Gasteiger partial charge on any atom is -0.292 e. The minimum atomic E-state index is -0.219. The quantitative estimate of drug-likeness (QED) is 0.221. The van der Waals surface area contributed by atoms with E-state index in [1.165, 1.54) is 0 Å². The van der Waals surface area contributed by atoms with Gasteiger partial charge in [-0.1, -0.05) is 17.2 Å². The zero-order valence-electron chi connectivity index (χ0n) is 12.2. The summed E-state index contributed by atoms with van der Waals surface area (Å²) in [6.07, 6.45) is 5.07. The molecule has 6 nitrogen and oxygen atoms in total. The van der Waals surface area contributed by atoms with Gasteiger partial charge >= 0.3 is 6.02 Å². The number of rotatable bonds is 1. The van der Waals surface area contributed by atoms with Crippen molar-refractivity contribution in [3.05, 3.63) is 12.2 Å². The summed E-state index contributed by atoms with van der Waals surface area (Å²) in [6.45, 7) is 0. The number of imide groups is 1. The summed E-state index contributed by atoms with van der Waals surface area (Å²) in [5.41, 5.74) is 0. The molecule has 0 aromatic rings. The molecule has 0 aromatic heterocycles. The van der Waals surface area contributed by atoms with Gasteiger partial charge < -0.3 is 0 Å². The second kappa shape index (κ2) is 4.33. The largest absolute Gasteiger partial charge is 0.470 e. The fourth-order valence-corrected chi connectivity index (χ4v) is 3.61. The number of hydrogen-bond donors (Lipinski definition) is 0. The first-order valence-corrected chi connectivity index (χ1v) is 6.87. The zero-order valence-corrected chi connectivity index (χ0v) is 12.2. The van der Waals surface area contributed by atoms with Crippen LogP contribution >= 0.6 is 0 Å². The third-order valence-corrected chi connectivity index (χ3v) is 4.37. The predicted octanol–water partition coefficient (Wildman–Crippen LogP) is -0.0852. The number of carbonyl (C=O) groups excluding carboxylic acids is 2. The summed E-state index contributed by atoms with van der Waals surface area (Å²) in [4.78, 5) is 32.3.